The smallest absolute Gasteiger partial charge is 0.220 e. The van der Waals surface area contributed by atoms with Crippen LogP contribution in [-0.2, 0) is 4.79 Å². The van der Waals surface area contributed by atoms with Gasteiger partial charge in [-0.2, -0.15) is 0 Å². The first-order chi connectivity index (χ1) is 8.86. The quantitative estimate of drug-likeness (QED) is 0.596. The van der Waals surface area contributed by atoms with Crippen molar-refractivity contribution in [3.8, 4) is 0 Å². The van der Waals surface area contributed by atoms with E-state index in [0.717, 1.165) is 25.9 Å². The summed E-state index contributed by atoms with van der Waals surface area (Å²) in [5, 5.41) is 2.99. The van der Waals surface area contributed by atoms with Crippen molar-refractivity contribution in [2.45, 2.75) is 53.0 Å². The molecule has 0 aliphatic carbocycles. The third-order valence-corrected chi connectivity index (χ3v) is 3.50. The fourth-order valence-electron chi connectivity index (χ4n) is 2.08. The highest BCUT2D eigenvalue weighted by Crippen LogP contribution is 2.13. The molecule has 0 saturated carbocycles. The van der Waals surface area contributed by atoms with Crippen LogP contribution in [0, 0.1) is 11.8 Å². The summed E-state index contributed by atoms with van der Waals surface area (Å²) in [6.45, 7) is 11.1. The van der Waals surface area contributed by atoms with Crippen LogP contribution in [0.1, 0.15) is 47.0 Å². The minimum absolute atomic E-state index is 0.142. The summed E-state index contributed by atoms with van der Waals surface area (Å²) in [7, 11) is 2.11. The molecule has 19 heavy (non-hydrogen) atoms. The molecule has 1 atom stereocenters. The molecule has 0 saturated heterocycles. The number of nitrogens with two attached hydrogens (primary N) is 1. The first-order valence-corrected chi connectivity index (χ1v) is 7.53. The highest BCUT2D eigenvalue weighted by Gasteiger charge is 2.13. The molecule has 0 bridgehead atoms. The molecule has 0 aromatic rings. The molecular formula is C15H33N3O. The average molecular weight is 271 g/mol. The molecule has 3 N–H and O–H groups in total. The van der Waals surface area contributed by atoms with E-state index in [9.17, 15) is 4.79 Å². The van der Waals surface area contributed by atoms with Gasteiger partial charge >= 0.3 is 0 Å². The Morgan fingerprint density at radius 3 is 2.37 bits per heavy atom. The number of carbonyl (C=O) groups excluding carboxylic acids is 1. The number of carbonyl (C=O) groups is 1. The van der Waals surface area contributed by atoms with E-state index in [-0.39, 0.29) is 5.91 Å². The Bertz CT molecular complexity index is 242. The van der Waals surface area contributed by atoms with Crippen molar-refractivity contribution in [1.29, 1.82) is 0 Å². The summed E-state index contributed by atoms with van der Waals surface area (Å²) in [6.07, 6.45) is 2.59. The topological polar surface area (TPSA) is 58.4 Å². The fourth-order valence-corrected chi connectivity index (χ4v) is 2.08. The monoisotopic (exact) mass is 271 g/mol. The van der Waals surface area contributed by atoms with Crippen LogP contribution in [-0.4, -0.2) is 43.5 Å². The van der Waals surface area contributed by atoms with E-state index in [1.54, 1.807) is 0 Å². The summed E-state index contributed by atoms with van der Waals surface area (Å²) >= 11 is 0. The van der Waals surface area contributed by atoms with Crippen molar-refractivity contribution in [3.63, 3.8) is 0 Å². The summed E-state index contributed by atoms with van der Waals surface area (Å²) in [5.41, 5.74) is 5.71. The van der Waals surface area contributed by atoms with Crippen molar-refractivity contribution >= 4 is 5.91 Å². The largest absolute Gasteiger partial charge is 0.356 e. The van der Waals surface area contributed by atoms with Crippen LogP contribution in [0.3, 0.4) is 0 Å². The predicted octanol–water partition coefficient (Wildman–Crippen LogP) is 1.84. The number of amides is 1. The van der Waals surface area contributed by atoms with Crippen LogP contribution in [0.25, 0.3) is 0 Å². The molecular weight excluding hydrogens is 238 g/mol. The summed E-state index contributed by atoms with van der Waals surface area (Å²) in [5.74, 6) is 1.06. The van der Waals surface area contributed by atoms with E-state index in [1.807, 2.05) is 0 Å². The van der Waals surface area contributed by atoms with E-state index in [4.69, 9.17) is 5.73 Å². The molecule has 0 fully saturated rings. The second-order valence-corrected chi connectivity index (χ2v) is 6.21. The number of nitrogens with zero attached hydrogens (tertiary/aromatic N) is 1. The number of nitrogens with one attached hydrogen (secondary N) is 1. The van der Waals surface area contributed by atoms with Crippen molar-refractivity contribution in [3.05, 3.63) is 0 Å². The standard InChI is InChI=1S/C15H33N3O/c1-12(2)9-14(11-16)10-15(19)17-7-6-8-18(5)13(3)4/h12-14H,6-11,16H2,1-5H3,(H,17,19). The van der Waals surface area contributed by atoms with Gasteiger partial charge < -0.3 is 16.0 Å². The van der Waals surface area contributed by atoms with Gasteiger partial charge in [0, 0.05) is 19.0 Å². The van der Waals surface area contributed by atoms with Gasteiger partial charge in [0.15, 0.2) is 0 Å². The predicted molar refractivity (Wildman–Crippen MR) is 82.0 cm³/mol. The normalized spacial score (nSPS) is 13.3. The minimum Gasteiger partial charge on any atom is -0.356 e. The van der Waals surface area contributed by atoms with Gasteiger partial charge in [0.25, 0.3) is 0 Å². The zero-order valence-electron chi connectivity index (χ0n) is 13.4. The van der Waals surface area contributed by atoms with Crippen LogP contribution in [0.15, 0.2) is 0 Å². The zero-order chi connectivity index (χ0) is 14.8. The molecule has 0 aromatic carbocycles. The molecule has 0 aliphatic heterocycles. The molecule has 0 aliphatic rings. The van der Waals surface area contributed by atoms with Crippen LogP contribution >= 0.6 is 0 Å². The van der Waals surface area contributed by atoms with Gasteiger partial charge in [0.1, 0.15) is 0 Å². The van der Waals surface area contributed by atoms with E-state index >= 15 is 0 Å². The maximum Gasteiger partial charge on any atom is 0.220 e. The fraction of sp³-hybridized carbons (Fsp3) is 0.933. The Labute approximate surface area is 119 Å². The Morgan fingerprint density at radius 1 is 1.26 bits per heavy atom. The summed E-state index contributed by atoms with van der Waals surface area (Å²) in [6, 6.07) is 0.559. The van der Waals surface area contributed by atoms with Crippen molar-refractivity contribution < 1.29 is 4.79 Å². The van der Waals surface area contributed by atoms with E-state index < -0.39 is 0 Å². The van der Waals surface area contributed by atoms with E-state index in [1.165, 1.54) is 0 Å². The van der Waals surface area contributed by atoms with Crippen LogP contribution < -0.4 is 11.1 Å². The average Bonchev–Trinajstić information content (AvgIpc) is 2.32. The van der Waals surface area contributed by atoms with Gasteiger partial charge in [-0.3, -0.25) is 4.79 Å². The molecule has 0 aromatic heterocycles. The molecule has 0 radical (unpaired) electrons. The molecule has 0 rings (SSSR count). The third-order valence-electron chi connectivity index (χ3n) is 3.50. The first-order valence-electron chi connectivity index (χ1n) is 7.53. The second kappa shape index (κ2) is 10.2. The van der Waals surface area contributed by atoms with E-state index in [2.05, 4.69) is 45.0 Å². The van der Waals surface area contributed by atoms with Crippen molar-refractivity contribution in [2.24, 2.45) is 17.6 Å². The number of hydrogen-bond donors (Lipinski definition) is 2. The van der Waals surface area contributed by atoms with Crippen molar-refractivity contribution in [1.82, 2.24) is 10.2 Å². The second-order valence-electron chi connectivity index (χ2n) is 6.21. The van der Waals surface area contributed by atoms with Gasteiger partial charge in [-0.05, 0) is 58.7 Å². The highest BCUT2D eigenvalue weighted by molar-refractivity contribution is 5.76. The molecule has 4 heteroatoms. The molecule has 1 unspecified atom stereocenters. The highest BCUT2D eigenvalue weighted by atomic mass is 16.1. The van der Waals surface area contributed by atoms with E-state index in [0.29, 0.717) is 30.8 Å². The van der Waals surface area contributed by atoms with Gasteiger partial charge in [-0.25, -0.2) is 0 Å². The minimum atomic E-state index is 0.142. The lowest BCUT2D eigenvalue weighted by molar-refractivity contribution is -0.122. The van der Waals surface area contributed by atoms with Crippen LogP contribution in [0.2, 0.25) is 0 Å². The SMILES string of the molecule is CC(C)CC(CN)CC(=O)NCCCN(C)C(C)C. The first kappa shape index (κ1) is 18.4. The van der Waals surface area contributed by atoms with Crippen LogP contribution in [0.4, 0.5) is 0 Å². The number of rotatable bonds is 10. The molecule has 4 nitrogen and oxygen atoms in total. The van der Waals surface area contributed by atoms with Gasteiger partial charge in [-0.15, -0.1) is 0 Å². The van der Waals surface area contributed by atoms with Gasteiger partial charge in [-0.1, -0.05) is 13.8 Å². The maximum absolute atomic E-state index is 11.8. The maximum atomic E-state index is 11.8. The third kappa shape index (κ3) is 9.91. The zero-order valence-corrected chi connectivity index (χ0v) is 13.4. The molecule has 0 spiro atoms. The Hall–Kier alpha value is -0.610. The molecule has 1 amide bonds. The summed E-state index contributed by atoms with van der Waals surface area (Å²) < 4.78 is 0. The van der Waals surface area contributed by atoms with Crippen molar-refractivity contribution in [2.75, 3.05) is 26.7 Å². The summed E-state index contributed by atoms with van der Waals surface area (Å²) in [4.78, 5) is 14.1. The Morgan fingerprint density at radius 2 is 1.89 bits per heavy atom. The lowest BCUT2D eigenvalue weighted by Crippen LogP contribution is -2.33. The van der Waals surface area contributed by atoms with Gasteiger partial charge in [0.05, 0.1) is 0 Å². The Balaban J connectivity index is 3.74. The lowest BCUT2D eigenvalue weighted by atomic mass is 9.94. The molecule has 0 heterocycles. The molecule has 114 valence electrons. The van der Waals surface area contributed by atoms with Crippen LogP contribution in [0.5, 0.6) is 0 Å². The van der Waals surface area contributed by atoms with Gasteiger partial charge in [0.2, 0.25) is 5.91 Å². The lowest BCUT2D eigenvalue weighted by Gasteiger charge is -2.21. The number of hydrogen-bond acceptors (Lipinski definition) is 3. The Kier molecular flexibility index (Phi) is 9.88.